The predicted octanol–water partition coefficient (Wildman–Crippen LogP) is 3.57. The van der Waals surface area contributed by atoms with Crippen LogP contribution in [0.3, 0.4) is 0 Å². The first-order valence-corrected chi connectivity index (χ1v) is 9.20. The van der Waals surface area contributed by atoms with Crippen LogP contribution in [-0.4, -0.2) is 35.2 Å². The highest BCUT2D eigenvalue weighted by molar-refractivity contribution is 14.1. The number of benzene rings is 2. The molecule has 3 rings (SSSR count). The molecule has 27 heavy (non-hydrogen) atoms. The van der Waals surface area contributed by atoms with E-state index in [1.807, 2.05) is 3.11 Å². The lowest BCUT2D eigenvalue weighted by atomic mass is 10.0. The van der Waals surface area contributed by atoms with E-state index in [9.17, 15) is 18.4 Å². The molecule has 1 saturated heterocycles. The minimum atomic E-state index is -0.643. The molecule has 0 N–H and O–H groups in total. The fourth-order valence-corrected chi connectivity index (χ4v) is 3.78. The number of hydrogen-bond acceptors (Lipinski definition) is 4. The van der Waals surface area contributed by atoms with Gasteiger partial charge in [0, 0.05) is 47.2 Å². The second-order valence-electron chi connectivity index (χ2n) is 6.23. The molecule has 1 aliphatic heterocycles. The number of carbonyl (C=O) groups is 2. The molecule has 0 aliphatic carbocycles. The number of anilines is 1. The van der Waals surface area contributed by atoms with Crippen molar-refractivity contribution in [2.75, 3.05) is 25.1 Å². The van der Waals surface area contributed by atoms with Gasteiger partial charge >= 0.3 is 5.97 Å². The molecule has 1 aliphatic rings. The maximum Gasteiger partial charge on any atom is 0.337 e. The van der Waals surface area contributed by atoms with Crippen molar-refractivity contribution in [3.05, 3.63) is 65.2 Å². The maximum atomic E-state index is 14.5. The molecule has 0 spiro atoms. The average Bonchev–Trinajstić information content (AvgIpc) is 2.63. The van der Waals surface area contributed by atoms with E-state index in [0.717, 1.165) is 6.07 Å². The lowest BCUT2D eigenvalue weighted by Gasteiger charge is -2.37. The van der Waals surface area contributed by atoms with E-state index in [2.05, 4.69) is 27.6 Å². The molecule has 5 nitrogen and oxygen atoms in total. The van der Waals surface area contributed by atoms with Crippen LogP contribution in [0, 0.1) is 17.6 Å². The zero-order chi connectivity index (χ0) is 19.6. The predicted molar refractivity (Wildman–Crippen MR) is 104 cm³/mol. The molecule has 142 valence electrons. The standard InChI is InChI=1S/C19H17F2IN2O3/c1-27-19(26)12-5-6-13(17(21)7-12)11-24(16-4-2-3-15(20)8-16)18(25)14-9-23(22)10-14/h2-8,14H,9-11H2,1H3. The van der Waals surface area contributed by atoms with E-state index >= 15 is 0 Å². The Kier molecular flexibility index (Phi) is 6.05. The molecule has 2 aromatic carbocycles. The molecule has 0 atom stereocenters. The zero-order valence-corrected chi connectivity index (χ0v) is 16.7. The summed E-state index contributed by atoms with van der Waals surface area (Å²) in [5.41, 5.74) is 0.677. The highest BCUT2D eigenvalue weighted by Crippen LogP contribution is 2.27. The van der Waals surface area contributed by atoms with Gasteiger partial charge in [-0.1, -0.05) is 12.1 Å². The Balaban J connectivity index is 1.89. The molecular formula is C19H17F2IN2O3. The first kappa shape index (κ1) is 19.7. The topological polar surface area (TPSA) is 49.9 Å². The number of carbonyl (C=O) groups excluding carboxylic acids is 2. The van der Waals surface area contributed by atoms with Crippen molar-refractivity contribution in [1.29, 1.82) is 0 Å². The van der Waals surface area contributed by atoms with Crippen molar-refractivity contribution >= 4 is 40.4 Å². The molecule has 1 amide bonds. The van der Waals surface area contributed by atoms with Gasteiger partial charge in [-0.05, 0) is 30.3 Å². The van der Waals surface area contributed by atoms with Gasteiger partial charge in [0.05, 0.1) is 25.1 Å². The van der Waals surface area contributed by atoms with Crippen LogP contribution in [0.2, 0.25) is 0 Å². The molecule has 1 fully saturated rings. The van der Waals surface area contributed by atoms with Crippen LogP contribution in [0.4, 0.5) is 14.5 Å². The minimum Gasteiger partial charge on any atom is -0.465 e. The van der Waals surface area contributed by atoms with Gasteiger partial charge in [0.25, 0.3) is 0 Å². The van der Waals surface area contributed by atoms with Gasteiger partial charge < -0.3 is 9.64 Å². The van der Waals surface area contributed by atoms with Crippen LogP contribution in [0.1, 0.15) is 15.9 Å². The molecule has 1 heterocycles. The summed E-state index contributed by atoms with van der Waals surface area (Å²) in [6.07, 6.45) is 0. The van der Waals surface area contributed by atoms with Crippen molar-refractivity contribution in [3.8, 4) is 0 Å². The van der Waals surface area contributed by atoms with Crippen molar-refractivity contribution < 1.29 is 23.1 Å². The lowest BCUT2D eigenvalue weighted by molar-refractivity contribution is -0.125. The number of hydrogen-bond donors (Lipinski definition) is 0. The number of rotatable bonds is 5. The number of esters is 1. The SMILES string of the molecule is COC(=O)c1ccc(CN(C(=O)C2CN(I)C2)c2cccc(F)c2)c(F)c1. The van der Waals surface area contributed by atoms with Gasteiger partial charge in [0.2, 0.25) is 5.91 Å². The smallest absolute Gasteiger partial charge is 0.337 e. The summed E-state index contributed by atoms with van der Waals surface area (Å²) in [7, 11) is 1.22. The molecule has 0 bridgehead atoms. The van der Waals surface area contributed by atoms with Crippen LogP contribution in [0.5, 0.6) is 0 Å². The van der Waals surface area contributed by atoms with Crippen LogP contribution < -0.4 is 4.90 Å². The van der Waals surface area contributed by atoms with E-state index < -0.39 is 17.6 Å². The third-order valence-electron chi connectivity index (χ3n) is 4.37. The van der Waals surface area contributed by atoms with Crippen LogP contribution in [0.15, 0.2) is 42.5 Å². The van der Waals surface area contributed by atoms with Gasteiger partial charge in [0.1, 0.15) is 11.6 Å². The first-order chi connectivity index (χ1) is 12.9. The molecule has 2 aromatic rings. The molecule has 0 radical (unpaired) electrons. The highest BCUT2D eigenvalue weighted by Gasteiger charge is 2.35. The summed E-state index contributed by atoms with van der Waals surface area (Å²) in [5.74, 6) is -2.16. The summed E-state index contributed by atoms with van der Waals surface area (Å²) < 4.78 is 34.7. The molecule has 0 unspecified atom stereocenters. The largest absolute Gasteiger partial charge is 0.465 e. The van der Waals surface area contributed by atoms with E-state index in [4.69, 9.17) is 0 Å². The number of amides is 1. The second-order valence-corrected chi connectivity index (χ2v) is 7.59. The second kappa shape index (κ2) is 8.30. The molecule has 0 aromatic heterocycles. The number of nitrogens with zero attached hydrogens (tertiary/aromatic N) is 2. The monoisotopic (exact) mass is 486 g/mol. The van der Waals surface area contributed by atoms with E-state index in [1.54, 1.807) is 6.07 Å². The van der Waals surface area contributed by atoms with Gasteiger partial charge in [-0.15, -0.1) is 0 Å². The van der Waals surface area contributed by atoms with Crippen molar-refractivity contribution in [2.24, 2.45) is 5.92 Å². The van der Waals surface area contributed by atoms with Crippen molar-refractivity contribution in [2.45, 2.75) is 6.54 Å². The highest BCUT2D eigenvalue weighted by atomic mass is 127. The molecule has 0 saturated carbocycles. The number of halogens is 3. The fourth-order valence-electron chi connectivity index (χ4n) is 2.83. The Morgan fingerprint density at radius 3 is 2.56 bits per heavy atom. The van der Waals surface area contributed by atoms with Gasteiger partial charge in [-0.25, -0.2) is 16.7 Å². The fraction of sp³-hybridized carbons (Fsp3) is 0.263. The summed E-state index contributed by atoms with van der Waals surface area (Å²) in [5, 5.41) is 0. The van der Waals surface area contributed by atoms with Gasteiger partial charge in [0.15, 0.2) is 0 Å². The van der Waals surface area contributed by atoms with Crippen LogP contribution >= 0.6 is 22.9 Å². The lowest BCUT2D eigenvalue weighted by Crippen LogP contribution is -2.50. The van der Waals surface area contributed by atoms with E-state index in [-0.39, 0.29) is 29.5 Å². The van der Waals surface area contributed by atoms with Crippen molar-refractivity contribution in [3.63, 3.8) is 0 Å². The molecule has 8 heteroatoms. The van der Waals surface area contributed by atoms with Crippen LogP contribution in [0.25, 0.3) is 0 Å². The third-order valence-corrected chi connectivity index (χ3v) is 5.16. The van der Waals surface area contributed by atoms with Gasteiger partial charge in [-0.2, -0.15) is 0 Å². The van der Waals surface area contributed by atoms with E-state index in [0.29, 0.717) is 18.8 Å². The summed E-state index contributed by atoms with van der Waals surface area (Å²) in [6, 6.07) is 9.61. The van der Waals surface area contributed by atoms with Crippen LogP contribution in [-0.2, 0) is 16.1 Å². The van der Waals surface area contributed by atoms with Crippen molar-refractivity contribution in [1.82, 2.24) is 3.11 Å². The zero-order valence-electron chi connectivity index (χ0n) is 14.5. The van der Waals surface area contributed by atoms with Gasteiger partial charge in [-0.3, -0.25) is 4.79 Å². The summed E-state index contributed by atoms with van der Waals surface area (Å²) >= 11 is 2.13. The normalized spacial score (nSPS) is 14.5. The maximum absolute atomic E-state index is 14.5. The Bertz CT molecular complexity index is 872. The molecular weight excluding hydrogens is 469 g/mol. The Labute approximate surface area is 169 Å². The number of methoxy groups -OCH3 is 1. The Morgan fingerprint density at radius 1 is 1.22 bits per heavy atom. The summed E-state index contributed by atoms with van der Waals surface area (Å²) in [6.45, 7) is 1.12. The average molecular weight is 486 g/mol. The Hall–Kier alpha value is -2.07. The quantitative estimate of drug-likeness (QED) is 0.369. The first-order valence-electron chi connectivity index (χ1n) is 8.23. The Morgan fingerprint density at radius 2 is 1.96 bits per heavy atom. The number of ether oxygens (including phenoxy) is 1. The van der Waals surface area contributed by atoms with E-state index in [1.165, 1.54) is 42.3 Å². The third kappa shape index (κ3) is 4.44. The minimum absolute atomic E-state index is 0.0622. The summed E-state index contributed by atoms with van der Waals surface area (Å²) in [4.78, 5) is 25.8.